The number of hydrogen-bond donors (Lipinski definition) is 2. The van der Waals surface area contributed by atoms with Gasteiger partial charge >= 0.3 is 6.03 Å². The second kappa shape index (κ2) is 5.14. The highest BCUT2D eigenvalue weighted by molar-refractivity contribution is 5.89. The monoisotopic (exact) mass is 237 g/mol. The van der Waals surface area contributed by atoms with E-state index in [2.05, 4.69) is 10.6 Å². The average Bonchev–Trinajstić information content (AvgIpc) is 2.81. The molecule has 1 aromatic rings. The zero-order valence-corrected chi connectivity index (χ0v) is 9.74. The fraction of sp³-hybridized carbons (Fsp3) is 0.417. The van der Waals surface area contributed by atoms with E-state index in [1.54, 1.807) is 17.0 Å². The van der Waals surface area contributed by atoms with Crippen molar-refractivity contribution in [3.63, 3.8) is 0 Å². The number of likely N-dealkylation sites (N-methyl/N-ethyl adjacent to an activating group) is 1. The van der Waals surface area contributed by atoms with Crippen LogP contribution in [0.1, 0.15) is 6.42 Å². The normalized spacial score (nSPS) is 19.4. The predicted molar refractivity (Wildman–Crippen MR) is 64.5 cm³/mol. The number of benzene rings is 1. The number of urea groups is 1. The Morgan fingerprint density at radius 2 is 2.12 bits per heavy atom. The van der Waals surface area contributed by atoms with Gasteiger partial charge in [0.05, 0.1) is 0 Å². The Morgan fingerprint density at radius 3 is 2.71 bits per heavy atom. The zero-order chi connectivity index (χ0) is 12.3. The molecule has 0 saturated carbocycles. The molecule has 0 spiro atoms. The third-order valence-electron chi connectivity index (χ3n) is 2.98. The minimum atomic E-state index is -0.306. The molecule has 0 aliphatic carbocycles. The largest absolute Gasteiger partial charge is 0.323 e. The number of amides is 2. The highest BCUT2D eigenvalue weighted by atomic mass is 19.1. The van der Waals surface area contributed by atoms with Gasteiger partial charge in [-0.1, -0.05) is 0 Å². The van der Waals surface area contributed by atoms with Crippen molar-refractivity contribution >= 4 is 11.7 Å². The lowest BCUT2D eigenvalue weighted by Crippen LogP contribution is -2.36. The lowest BCUT2D eigenvalue weighted by Gasteiger charge is -2.17. The van der Waals surface area contributed by atoms with Crippen LogP contribution in [-0.2, 0) is 0 Å². The maximum atomic E-state index is 12.7. The van der Waals surface area contributed by atoms with Crippen LogP contribution in [0.5, 0.6) is 0 Å². The van der Waals surface area contributed by atoms with Crippen molar-refractivity contribution in [3.05, 3.63) is 30.1 Å². The summed E-state index contributed by atoms with van der Waals surface area (Å²) in [7, 11) is 1.89. The van der Waals surface area contributed by atoms with Crippen LogP contribution in [0.25, 0.3) is 0 Å². The molecule has 1 fully saturated rings. The van der Waals surface area contributed by atoms with E-state index in [4.69, 9.17) is 0 Å². The van der Waals surface area contributed by atoms with Crippen LogP contribution in [0.2, 0.25) is 0 Å². The summed E-state index contributed by atoms with van der Waals surface area (Å²) in [6.45, 7) is 1.46. The van der Waals surface area contributed by atoms with Crippen LogP contribution < -0.4 is 10.6 Å². The fourth-order valence-electron chi connectivity index (χ4n) is 1.92. The maximum Gasteiger partial charge on any atom is 0.321 e. The Hall–Kier alpha value is -1.62. The van der Waals surface area contributed by atoms with Gasteiger partial charge in [-0.3, -0.25) is 0 Å². The average molecular weight is 237 g/mol. The summed E-state index contributed by atoms with van der Waals surface area (Å²) in [5, 5.41) is 5.90. The summed E-state index contributed by atoms with van der Waals surface area (Å²) >= 11 is 0. The number of rotatable bonds is 2. The topological polar surface area (TPSA) is 44.4 Å². The van der Waals surface area contributed by atoms with Gasteiger partial charge in [0, 0.05) is 24.8 Å². The minimum absolute atomic E-state index is 0.130. The smallest absolute Gasteiger partial charge is 0.321 e. The number of halogens is 1. The summed E-state index contributed by atoms with van der Waals surface area (Å²) in [5.41, 5.74) is 0.615. The van der Waals surface area contributed by atoms with Crippen LogP contribution in [0.15, 0.2) is 24.3 Å². The van der Waals surface area contributed by atoms with Gasteiger partial charge in [0.1, 0.15) is 5.82 Å². The zero-order valence-electron chi connectivity index (χ0n) is 9.74. The van der Waals surface area contributed by atoms with Crippen LogP contribution in [0, 0.1) is 5.82 Å². The Bertz CT molecular complexity index is 393. The number of nitrogens with one attached hydrogen (secondary N) is 2. The van der Waals surface area contributed by atoms with Crippen molar-refractivity contribution < 1.29 is 9.18 Å². The minimum Gasteiger partial charge on any atom is -0.323 e. The van der Waals surface area contributed by atoms with Crippen LogP contribution in [-0.4, -0.2) is 37.1 Å². The number of likely N-dealkylation sites (tertiary alicyclic amines) is 1. The maximum absolute atomic E-state index is 12.7. The summed E-state index contributed by atoms with van der Waals surface area (Å²) in [5.74, 6) is -0.306. The quantitative estimate of drug-likeness (QED) is 0.821. The molecule has 0 bridgehead atoms. The molecule has 1 atom stereocenters. The van der Waals surface area contributed by atoms with E-state index < -0.39 is 0 Å². The molecular formula is C12H16FN3O. The molecule has 1 aliphatic heterocycles. The van der Waals surface area contributed by atoms with E-state index in [9.17, 15) is 9.18 Å². The van der Waals surface area contributed by atoms with E-state index in [0.717, 1.165) is 13.0 Å². The van der Waals surface area contributed by atoms with E-state index in [-0.39, 0.29) is 11.8 Å². The highest BCUT2D eigenvalue weighted by Crippen LogP contribution is 2.13. The number of anilines is 1. The van der Waals surface area contributed by atoms with Crippen LogP contribution >= 0.6 is 0 Å². The molecule has 1 aromatic carbocycles. The van der Waals surface area contributed by atoms with Crippen LogP contribution in [0.4, 0.5) is 14.9 Å². The van der Waals surface area contributed by atoms with Crippen molar-refractivity contribution in [1.29, 1.82) is 0 Å². The Kier molecular flexibility index (Phi) is 3.58. The highest BCUT2D eigenvalue weighted by Gasteiger charge is 2.24. The van der Waals surface area contributed by atoms with Gasteiger partial charge in [-0.2, -0.15) is 0 Å². The van der Waals surface area contributed by atoms with Crippen molar-refractivity contribution in [2.75, 3.05) is 25.5 Å². The number of carbonyl (C=O) groups is 1. The predicted octanol–water partition coefficient (Wildman–Crippen LogP) is 1.65. The second-order valence-electron chi connectivity index (χ2n) is 4.16. The fourth-order valence-corrected chi connectivity index (χ4v) is 1.92. The SMILES string of the molecule is CN[C@@H]1CCN(C(=O)Nc2ccc(F)cc2)C1. The van der Waals surface area contributed by atoms with Crippen molar-refractivity contribution in [3.8, 4) is 0 Å². The lowest BCUT2D eigenvalue weighted by molar-refractivity contribution is 0.221. The summed E-state index contributed by atoms with van der Waals surface area (Å²) < 4.78 is 12.7. The summed E-state index contributed by atoms with van der Waals surface area (Å²) in [4.78, 5) is 13.6. The third-order valence-corrected chi connectivity index (χ3v) is 2.98. The molecule has 92 valence electrons. The molecule has 0 radical (unpaired) electrons. The van der Waals surface area contributed by atoms with Gasteiger partial charge in [0.2, 0.25) is 0 Å². The van der Waals surface area contributed by atoms with E-state index in [1.165, 1.54) is 12.1 Å². The molecule has 1 aliphatic rings. The molecule has 0 aromatic heterocycles. The molecule has 4 nitrogen and oxygen atoms in total. The van der Waals surface area contributed by atoms with Crippen molar-refractivity contribution in [2.45, 2.75) is 12.5 Å². The van der Waals surface area contributed by atoms with E-state index in [1.807, 2.05) is 7.05 Å². The Morgan fingerprint density at radius 1 is 1.41 bits per heavy atom. The van der Waals surface area contributed by atoms with Gasteiger partial charge in [0.15, 0.2) is 0 Å². The third kappa shape index (κ3) is 2.94. The number of nitrogens with zero attached hydrogens (tertiary/aromatic N) is 1. The lowest BCUT2D eigenvalue weighted by atomic mass is 10.3. The molecule has 0 unspecified atom stereocenters. The van der Waals surface area contributed by atoms with Gasteiger partial charge in [-0.05, 0) is 37.7 Å². The van der Waals surface area contributed by atoms with Crippen LogP contribution in [0.3, 0.4) is 0 Å². The first kappa shape index (κ1) is 11.9. The molecule has 2 amide bonds. The Balaban J connectivity index is 1.91. The molecule has 1 saturated heterocycles. The molecule has 2 rings (SSSR count). The first-order valence-corrected chi connectivity index (χ1v) is 5.68. The van der Waals surface area contributed by atoms with Crippen molar-refractivity contribution in [2.24, 2.45) is 0 Å². The summed E-state index contributed by atoms with van der Waals surface area (Å²) in [6, 6.07) is 6.01. The first-order valence-electron chi connectivity index (χ1n) is 5.68. The first-order chi connectivity index (χ1) is 8.19. The standard InChI is InChI=1S/C12H16FN3O/c1-14-11-6-7-16(8-11)12(17)15-10-4-2-9(13)3-5-10/h2-5,11,14H,6-8H2,1H3,(H,15,17)/t11-/m1/s1. The molecule has 17 heavy (non-hydrogen) atoms. The summed E-state index contributed by atoms with van der Waals surface area (Å²) in [6.07, 6.45) is 0.966. The van der Waals surface area contributed by atoms with E-state index >= 15 is 0 Å². The number of carbonyl (C=O) groups excluding carboxylic acids is 1. The van der Waals surface area contributed by atoms with Gasteiger partial charge in [-0.15, -0.1) is 0 Å². The molecule has 5 heteroatoms. The van der Waals surface area contributed by atoms with Gasteiger partial charge in [-0.25, -0.2) is 9.18 Å². The van der Waals surface area contributed by atoms with Crippen molar-refractivity contribution in [1.82, 2.24) is 10.2 Å². The van der Waals surface area contributed by atoms with Gasteiger partial charge in [0.25, 0.3) is 0 Å². The number of hydrogen-bond acceptors (Lipinski definition) is 2. The molecule has 1 heterocycles. The van der Waals surface area contributed by atoms with E-state index in [0.29, 0.717) is 18.3 Å². The molecular weight excluding hydrogens is 221 g/mol. The molecule has 2 N–H and O–H groups in total. The Labute approximate surface area is 99.8 Å². The second-order valence-corrected chi connectivity index (χ2v) is 4.16. The van der Waals surface area contributed by atoms with Gasteiger partial charge < -0.3 is 15.5 Å².